The minimum absolute atomic E-state index is 0.00810. The smallest absolute Gasteiger partial charge is 0.143 e. The molecule has 50 heavy (non-hydrogen) atoms. The van der Waals surface area contributed by atoms with Crippen LogP contribution in [0.1, 0.15) is 20.6 Å². The number of benzene rings is 9. The van der Waals surface area contributed by atoms with E-state index < -0.39 is 124 Å². The summed E-state index contributed by atoms with van der Waals surface area (Å²) in [4.78, 5) is 1.16. The predicted molar refractivity (Wildman–Crippen MR) is 212 cm³/mol. The van der Waals surface area contributed by atoms with Crippen molar-refractivity contribution < 1.29 is 25.0 Å². The van der Waals surface area contributed by atoms with E-state index in [0.717, 1.165) is 26.4 Å². The number of anilines is 3. The Morgan fingerprint density at radius 2 is 1.14 bits per heavy atom. The van der Waals surface area contributed by atoms with Crippen LogP contribution in [0.2, 0.25) is 0 Å². The molecule has 2 heteroatoms. The number of fused-ring (bicyclic) bond motifs is 7. The Bertz CT molecular complexity index is 3690. The molecule has 1 heterocycles. The van der Waals surface area contributed by atoms with Crippen LogP contribution in [0.25, 0.3) is 76.5 Å². The summed E-state index contributed by atoms with van der Waals surface area (Å²) in [6.45, 7) is 0. The standard InChI is InChI=1S/C48H31NO/c1-2-12-37-31-38(20-19-32(37)9-1)33-21-26-39(27-22-33)49(40-28-23-36(24-29-40)42-16-7-13-34-10-3-5-14-41(34)42)45-17-8-18-46-47(45)44-30-25-35-11-4-6-15-43(35)48(44)50-46/h1-31H/i3D,5D,7D,10D,13D,14D,16D,21D,22D,23D,24D,26D,27D,28D,29D. The maximum Gasteiger partial charge on any atom is 0.143 e. The molecular weight excluding hydrogens is 607 g/mol. The molecule has 0 atom stereocenters. The first-order chi connectivity index (χ1) is 31.0. The Labute approximate surface area is 311 Å². The van der Waals surface area contributed by atoms with Gasteiger partial charge in [0, 0.05) is 22.1 Å². The average Bonchev–Trinajstić information content (AvgIpc) is 3.71. The Hall–Kier alpha value is -6.64. The molecule has 10 aromatic rings. The first-order valence-corrected chi connectivity index (χ1v) is 15.9. The zero-order valence-corrected chi connectivity index (χ0v) is 26.1. The van der Waals surface area contributed by atoms with Crippen molar-refractivity contribution in [2.75, 3.05) is 4.90 Å². The lowest BCUT2D eigenvalue weighted by Crippen LogP contribution is -2.10. The zero-order valence-electron chi connectivity index (χ0n) is 41.1. The van der Waals surface area contributed by atoms with Gasteiger partial charge in [0.05, 0.1) is 31.6 Å². The second kappa shape index (κ2) is 11.5. The summed E-state index contributed by atoms with van der Waals surface area (Å²) < 4.78 is 143. The number of rotatable bonds is 5. The fraction of sp³-hybridized carbons (Fsp3) is 0. The summed E-state index contributed by atoms with van der Waals surface area (Å²) in [6, 6.07) is 18.7. The lowest BCUT2D eigenvalue weighted by Gasteiger charge is -2.26. The Kier molecular flexibility index (Phi) is 3.95. The third kappa shape index (κ3) is 4.65. The molecular formula is C48H31NO. The van der Waals surface area contributed by atoms with Crippen molar-refractivity contribution in [2.45, 2.75) is 0 Å². The van der Waals surface area contributed by atoms with E-state index in [1.165, 1.54) is 0 Å². The van der Waals surface area contributed by atoms with Gasteiger partial charge in [0.15, 0.2) is 0 Å². The quantitative estimate of drug-likeness (QED) is 0.184. The highest BCUT2D eigenvalue weighted by atomic mass is 16.3. The summed E-state index contributed by atoms with van der Waals surface area (Å²) in [7, 11) is 0. The topological polar surface area (TPSA) is 16.4 Å². The van der Waals surface area contributed by atoms with Gasteiger partial charge >= 0.3 is 0 Å². The summed E-state index contributed by atoms with van der Waals surface area (Å²) in [5, 5.41) is 3.43. The summed E-state index contributed by atoms with van der Waals surface area (Å²) in [5.74, 6) is 0. The monoisotopic (exact) mass is 652 g/mol. The van der Waals surface area contributed by atoms with Crippen LogP contribution in [0.5, 0.6) is 0 Å². The highest BCUT2D eigenvalue weighted by Crippen LogP contribution is 2.45. The van der Waals surface area contributed by atoms with Gasteiger partial charge in [-0.05, 0) is 97.6 Å². The third-order valence-electron chi connectivity index (χ3n) is 8.88. The first kappa shape index (κ1) is 17.1. The van der Waals surface area contributed by atoms with E-state index in [0.29, 0.717) is 27.5 Å². The second-order valence-electron chi connectivity index (χ2n) is 11.8. The van der Waals surface area contributed by atoms with Crippen LogP contribution in [0.4, 0.5) is 17.1 Å². The van der Waals surface area contributed by atoms with Crippen molar-refractivity contribution in [2.24, 2.45) is 0 Å². The SMILES string of the molecule is [2H]c1c([2H])c(N(c2c([2H])c([2H])c(-c3c([2H])c([2H])c([2H])c4c([2H])c([2H])c([2H])c([2H])c34)c([2H])c2[2H])c2cccc3oc4c5ccccc5ccc4c23)c([2H])c([2H])c1-c1ccc2ccccc2c1. The maximum absolute atomic E-state index is 9.67. The average molecular weight is 653 g/mol. The fourth-order valence-electron chi connectivity index (χ4n) is 6.52. The molecule has 0 bridgehead atoms. The van der Waals surface area contributed by atoms with Gasteiger partial charge in [-0.3, -0.25) is 0 Å². The van der Waals surface area contributed by atoms with Crippen LogP contribution in [-0.4, -0.2) is 0 Å². The maximum atomic E-state index is 9.67. The third-order valence-corrected chi connectivity index (χ3v) is 8.88. The molecule has 234 valence electrons. The van der Waals surface area contributed by atoms with E-state index in [2.05, 4.69) is 0 Å². The molecule has 0 unspecified atom stereocenters. The first-order valence-electron chi connectivity index (χ1n) is 23.4. The summed E-state index contributed by atoms with van der Waals surface area (Å²) >= 11 is 0. The van der Waals surface area contributed by atoms with Crippen LogP contribution in [0, 0.1) is 0 Å². The minimum Gasteiger partial charge on any atom is -0.455 e. The van der Waals surface area contributed by atoms with Gasteiger partial charge in [0.25, 0.3) is 0 Å². The highest BCUT2D eigenvalue weighted by molar-refractivity contribution is 6.19. The molecule has 0 fully saturated rings. The Morgan fingerprint density at radius 1 is 0.440 bits per heavy atom. The molecule has 9 aromatic carbocycles. The van der Waals surface area contributed by atoms with E-state index in [4.69, 9.17) is 14.0 Å². The van der Waals surface area contributed by atoms with Gasteiger partial charge in [-0.1, -0.05) is 139 Å². The second-order valence-corrected chi connectivity index (χ2v) is 11.8. The van der Waals surface area contributed by atoms with Crippen molar-refractivity contribution in [3.63, 3.8) is 0 Å². The predicted octanol–water partition coefficient (Wildman–Crippen LogP) is 13.8. The lowest BCUT2D eigenvalue weighted by atomic mass is 9.98. The summed E-state index contributed by atoms with van der Waals surface area (Å²) in [6.07, 6.45) is 0. The Balaban J connectivity index is 1.33. The molecule has 0 saturated carbocycles. The van der Waals surface area contributed by atoms with Crippen LogP contribution in [-0.2, 0) is 0 Å². The van der Waals surface area contributed by atoms with Crippen LogP contribution in [0.15, 0.2) is 192 Å². The van der Waals surface area contributed by atoms with E-state index in [1.54, 1.807) is 30.3 Å². The van der Waals surface area contributed by atoms with Crippen LogP contribution < -0.4 is 4.90 Å². The van der Waals surface area contributed by atoms with E-state index in [-0.39, 0.29) is 11.3 Å². The molecule has 0 saturated heterocycles. The van der Waals surface area contributed by atoms with Gasteiger partial charge < -0.3 is 9.32 Å². The number of nitrogens with zero attached hydrogens (tertiary/aromatic N) is 1. The number of hydrogen-bond donors (Lipinski definition) is 0. The van der Waals surface area contributed by atoms with Crippen molar-refractivity contribution in [1.29, 1.82) is 0 Å². The van der Waals surface area contributed by atoms with E-state index in [1.807, 2.05) is 66.7 Å². The molecule has 1 aromatic heterocycles. The van der Waals surface area contributed by atoms with E-state index in [9.17, 15) is 11.0 Å². The number of hydrogen-bond acceptors (Lipinski definition) is 2. The molecule has 0 radical (unpaired) electrons. The van der Waals surface area contributed by atoms with Gasteiger partial charge in [-0.2, -0.15) is 0 Å². The molecule has 0 N–H and O–H groups in total. The largest absolute Gasteiger partial charge is 0.455 e. The zero-order chi connectivity index (χ0) is 46.1. The molecule has 0 aliphatic heterocycles. The fourth-order valence-corrected chi connectivity index (χ4v) is 6.52. The van der Waals surface area contributed by atoms with E-state index >= 15 is 0 Å². The van der Waals surface area contributed by atoms with Gasteiger partial charge in [-0.25, -0.2) is 0 Å². The van der Waals surface area contributed by atoms with Crippen molar-refractivity contribution in [1.82, 2.24) is 0 Å². The van der Waals surface area contributed by atoms with Gasteiger partial charge in [0.1, 0.15) is 11.2 Å². The van der Waals surface area contributed by atoms with Gasteiger partial charge in [0.2, 0.25) is 0 Å². The molecule has 0 aliphatic rings. The molecule has 10 rings (SSSR count). The molecule has 0 aliphatic carbocycles. The van der Waals surface area contributed by atoms with Crippen molar-refractivity contribution >= 4 is 71.3 Å². The normalized spacial score (nSPS) is 15.8. The molecule has 2 nitrogen and oxygen atoms in total. The minimum atomic E-state index is -0.802. The lowest BCUT2D eigenvalue weighted by molar-refractivity contribution is 0.672. The molecule has 0 amide bonds. The van der Waals surface area contributed by atoms with Gasteiger partial charge in [-0.15, -0.1) is 0 Å². The van der Waals surface area contributed by atoms with Crippen molar-refractivity contribution in [3.05, 3.63) is 188 Å². The molecule has 0 spiro atoms. The summed E-state index contributed by atoms with van der Waals surface area (Å²) in [5.41, 5.74) is -0.681. The van der Waals surface area contributed by atoms with Crippen LogP contribution in [0.3, 0.4) is 0 Å². The Morgan fingerprint density at radius 3 is 1.98 bits per heavy atom. The number of furan rings is 1. The van der Waals surface area contributed by atoms with Crippen molar-refractivity contribution in [3.8, 4) is 22.3 Å². The highest BCUT2D eigenvalue weighted by Gasteiger charge is 2.20. The van der Waals surface area contributed by atoms with Crippen LogP contribution >= 0.6 is 0 Å².